The number of halogens is 2. The third-order valence-electron chi connectivity index (χ3n) is 2.93. The Kier molecular flexibility index (Phi) is 4.08. The first-order chi connectivity index (χ1) is 7.56. The molecule has 2 unspecified atom stereocenters. The average molecular weight is 367 g/mol. The Morgan fingerprint density at radius 2 is 2.25 bits per heavy atom. The van der Waals surface area contributed by atoms with Crippen LogP contribution in [0.1, 0.15) is 36.5 Å². The molecule has 88 valence electrons. The van der Waals surface area contributed by atoms with E-state index in [0.717, 1.165) is 31.9 Å². The molecule has 1 heterocycles. The van der Waals surface area contributed by atoms with Crippen LogP contribution in [0.3, 0.4) is 0 Å². The molecule has 1 fully saturated rings. The Morgan fingerprint density at radius 3 is 2.75 bits per heavy atom. The molecule has 1 aliphatic rings. The summed E-state index contributed by atoms with van der Waals surface area (Å²) in [7, 11) is 0. The number of hydrogen-bond acceptors (Lipinski definition) is 2. The van der Waals surface area contributed by atoms with Crippen molar-refractivity contribution in [2.24, 2.45) is 5.92 Å². The molecular weight excluding hydrogens is 354 g/mol. The van der Waals surface area contributed by atoms with E-state index in [-0.39, 0.29) is 5.91 Å². The van der Waals surface area contributed by atoms with Crippen molar-refractivity contribution in [2.75, 3.05) is 0 Å². The van der Waals surface area contributed by atoms with Crippen molar-refractivity contribution in [3.05, 3.63) is 19.2 Å². The van der Waals surface area contributed by atoms with E-state index in [0.29, 0.717) is 6.04 Å². The van der Waals surface area contributed by atoms with Crippen molar-refractivity contribution in [3.63, 3.8) is 0 Å². The maximum absolute atomic E-state index is 12.0. The summed E-state index contributed by atoms with van der Waals surface area (Å²) in [6.45, 7) is 2.24. The fourth-order valence-electron chi connectivity index (χ4n) is 2.10. The lowest BCUT2D eigenvalue weighted by Crippen LogP contribution is -2.32. The molecule has 16 heavy (non-hydrogen) atoms. The van der Waals surface area contributed by atoms with Gasteiger partial charge >= 0.3 is 0 Å². The number of rotatable bonds is 2. The lowest BCUT2D eigenvalue weighted by Gasteiger charge is -2.11. The van der Waals surface area contributed by atoms with Crippen LogP contribution in [0.2, 0.25) is 0 Å². The summed E-state index contributed by atoms with van der Waals surface area (Å²) in [5.41, 5.74) is 0.733. The molecule has 1 aromatic rings. The van der Waals surface area contributed by atoms with Gasteiger partial charge in [0.05, 0.1) is 13.1 Å². The molecule has 0 saturated heterocycles. The monoisotopic (exact) mass is 365 g/mol. The van der Waals surface area contributed by atoms with Crippen LogP contribution in [0.5, 0.6) is 0 Å². The largest absolute Gasteiger partial charge is 0.349 e. The fraction of sp³-hybridized carbons (Fsp3) is 0.545. The molecular formula is C11H13Br2NOS. The molecule has 5 heteroatoms. The molecule has 0 bridgehead atoms. The molecule has 1 N–H and O–H groups in total. The van der Waals surface area contributed by atoms with Crippen LogP contribution < -0.4 is 5.32 Å². The molecule has 0 aromatic carbocycles. The molecule has 2 rings (SSSR count). The Balaban J connectivity index is 2.00. The van der Waals surface area contributed by atoms with E-state index in [2.05, 4.69) is 44.1 Å². The van der Waals surface area contributed by atoms with Gasteiger partial charge in [0.15, 0.2) is 0 Å². The van der Waals surface area contributed by atoms with Gasteiger partial charge in [-0.25, -0.2) is 0 Å². The second kappa shape index (κ2) is 5.19. The molecule has 1 saturated carbocycles. The highest BCUT2D eigenvalue weighted by Crippen LogP contribution is 2.32. The van der Waals surface area contributed by atoms with Gasteiger partial charge in [0.1, 0.15) is 0 Å². The second-order valence-electron chi connectivity index (χ2n) is 4.33. The number of thiophene rings is 1. The van der Waals surface area contributed by atoms with Gasteiger partial charge in [-0.15, -0.1) is 11.3 Å². The van der Waals surface area contributed by atoms with E-state index >= 15 is 0 Å². The maximum atomic E-state index is 12.0. The summed E-state index contributed by atoms with van der Waals surface area (Å²) >= 11 is 8.32. The van der Waals surface area contributed by atoms with Crippen LogP contribution in [-0.4, -0.2) is 11.9 Å². The Labute approximate surface area is 116 Å². The molecule has 1 aliphatic carbocycles. The van der Waals surface area contributed by atoms with Crippen molar-refractivity contribution in [1.29, 1.82) is 0 Å². The van der Waals surface area contributed by atoms with Crippen LogP contribution in [0, 0.1) is 5.92 Å². The van der Waals surface area contributed by atoms with Crippen molar-refractivity contribution < 1.29 is 4.79 Å². The van der Waals surface area contributed by atoms with E-state index in [9.17, 15) is 4.79 Å². The zero-order valence-electron chi connectivity index (χ0n) is 8.93. The van der Waals surface area contributed by atoms with E-state index in [1.54, 1.807) is 0 Å². The van der Waals surface area contributed by atoms with Crippen LogP contribution in [0.15, 0.2) is 13.6 Å². The molecule has 0 aliphatic heterocycles. The molecule has 0 radical (unpaired) electrons. The van der Waals surface area contributed by atoms with Gasteiger partial charge in [-0.1, -0.05) is 6.92 Å². The number of carbonyl (C=O) groups excluding carboxylic acids is 1. The zero-order valence-corrected chi connectivity index (χ0v) is 12.9. The smallest absolute Gasteiger partial charge is 0.253 e. The van der Waals surface area contributed by atoms with Gasteiger partial charge in [-0.2, -0.15) is 0 Å². The van der Waals surface area contributed by atoms with Crippen molar-refractivity contribution in [1.82, 2.24) is 5.32 Å². The van der Waals surface area contributed by atoms with Gasteiger partial charge in [-0.3, -0.25) is 4.79 Å². The van der Waals surface area contributed by atoms with Crippen molar-refractivity contribution in [3.8, 4) is 0 Å². The minimum absolute atomic E-state index is 0.0351. The Hall–Kier alpha value is 0.130. The highest BCUT2D eigenvalue weighted by atomic mass is 79.9. The third-order valence-corrected chi connectivity index (χ3v) is 5.27. The first kappa shape index (κ1) is 12.6. The van der Waals surface area contributed by atoms with Crippen LogP contribution in [0.25, 0.3) is 0 Å². The first-order valence-electron chi connectivity index (χ1n) is 5.32. The third kappa shape index (κ3) is 2.87. The minimum atomic E-state index is 0.0351. The van der Waals surface area contributed by atoms with Gasteiger partial charge < -0.3 is 5.32 Å². The van der Waals surface area contributed by atoms with E-state index in [4.69, 9.17) is 0 Å². The van der Waals surface area contributed by atoms with E-state index < -0.39 is 0 Å². The number of carbonyl (C=O) groups is 1. The standard InChI is InChI=1S/C11H13Br2NOS/c1-6-2-3-7(4-6)14-11(15)8-5-9(12)16-10(8)13/h5-7H,2-4H2,1H3,(H,14,15). The summed E-state index contributed by atoms with van der Waals surface area (Å²) in [6, 6.07) is 2.22. The van der Waals surface area contributed by atoms with Crippen LogP contribution >= 0.6 is 43.2 Å². The number of hydrogen-bond donors (Lipinski definition) is 1. The number of amides is 1. The summed E-state index contributed by atoms with van der Waals surface area (Å²) < 4.78 is 1.87. The fourth-order valence-corrected chi connectivity index (χ4v) is 4.89. The molecule has 0 spiro atoms. The lowest BCUT2D eigenvalue weighted by molar-refractivity contribution is 0.0937. The van der Waals surface area contributed by atoms with Gasteiger partial charge in [0.25, 0.3) is 5.91 Å². The summed E-state index contributed by atoms with van der Waals surface area (Å²) in [5, 5.41) is 3.10. The van der Waals surface area contributed by atoms with E-state index in [1.807, 2.05) is 6.07 Å². The van der Waals surface area contributed by atoms with Crippen molar-refractivity contribution >= 4 is 49.1 Å². The van der Waals surface area contributed by atoms with E-state index in [1.165, 1.54) is 17.8 Å². The maximum Gasteiger partial charge on any atom is 0.253 e. The molecule has 1 amide bonds. The topological polar surface area (TPSA) is 29.1 Å². The Bertz CT molecular complexity index is 405. The summed E-state index contributed by atoms with van der Waals surface area (Å²) in [5.74, 6) is 0.774. The zero-order chi connectivity index (χ0) is 11.7. The van der Waals surface area contributed by atoms with Gasteiger partial charge in [-0.05, 0) is 63.1 Å². The normalized spacial score (nSPS) is 24.7. The molecule has 1 aromatic heterocycles. The van der Waals surface area contributed by atoms with Gasteiger partial charge in [0, 0.05) is 6.04 Å². The number of nitrogens with one attached hydrogen (secondary N) is 1. The average Bonchev–Trinajstić information content (AvgIpc) is 2.73. The second-order valence-corrected chi connectivity index (χ2v) is 8.08. The molecule has 2 atom stereocenters. The SMILES string of the molecule is CC1CCC(NC(=O)c2cc(Br)sc2Br)C1. The van der Waals surface area contributed by atoms with Gasteiger partial charge in [0.2, 0.25) is 0 Å². The first-order valence-corrected chi connectivity index (χ1v) is 7.72. The quantitative estimate of drug-likeness (QED) is 0.835. The lowest BCUT2D eigenvalue weighted by atomic mass is 10.1. The predicted octanol–water partition coefficient (Wildman–Crippen LogP) is 4.19. The Morgan fingerprint density at radius 1 is 1.50 bits per heavy atom. The summed E-state index contributed by atoms with van der Waals surface area (Å²) in [6.07, 6.45) is 3.43. The van der Waals surface area contributed by atoms with Crippen LogP contribution in [0.4, 0.5) is 0 Å². The van der Waals surface area contributed by atoms with Crippen molar-refractivity contribution in [2.45, 2.75) is 32.2 Å². The highest BCUT2D eigenvalue weighted by molar-refractivity contribution is 9.12. The highest BCUT2D eigenvalue weighted by Gasteiger charge is 2.24. The predicted molar refractivity (Wildman–Crippen MR) is 74.0 cm³/mol. The van der Waals surface area contributed by atoms with Crippen LogP contribution in [-0.2, 0) is 0 Å². The molecule has 2 nitrogen and oxygen atoms in total. The summed E-state index contributed by atoms with van der Waals surface area (Å²) in [4.78, 5) is 12.0. The minimum Gasteiger partial charge on any atom is -0.349 e.